The highest BCUT2D eigenvalue weighted by Gasteiger charge is 2.29. The first-order valence-electron chi connectivity index (χ1n) is 9.66. The Bertz CT molecular complexity index is 899. The normalized spacial score (nSPS) is 14.2. The average Bonchev–Trinajstić information content (AvgIpc) is 3.07. The number of aliphatic hydroxyl groups excluding tert-OH is 1. The number of carboxylic acid groups (broad SMARTS) is 1. The highest BCUT2D eigenvalue weighted by atomic mass is 16.5. The van der Waals surface area contributed by atoms with Crippen molar-refractivity contribution in [1.82, 2.24) is 10.6 Å². The Labute approximate surface area is 173 Å². The van der Waals surface area contributed by atoms with E-state index in [-0.39, 0.29) is 19.1 Å². The molecule has 0 saturated heterocycles. The molecule has 0 heterocycles. The zero-order valence-electron chi connectivity index (χ0n) is 16.5. The van der Waals surface area contributed by atoms with Crippen molar-refractivity contribution in [2.75, 3.05) is 19.7 Å². The molecule has 0 fully saturated rings. The van der Waals surface area contributed by atoms with E-state index in [9.17, 15) is 19.5 Å². The van der Waals surface area contributed by atoms with E-state index in [1.54, 1.807) is 6.92 Å². The molecule has 2 aromatic carbocycles. The Morgan fingerprint density at radius 1 is 0.967 bits per heavy atom. The zero-order valence-corrected chi connectivity index (χ0v) is 16.5. The number of aliphatic carboxylic acids is 1. The van der Waals surface area contributed by atoms with Crippen LogP contribution in [-0.2, 0) is 14.3 Å². The van der Waals surface area contributed by atoms with Gasteiger partial charge in [0.1, 0.15) is 6.61 Å². The maximum atomic E-state index is 12.1. The van der Waals surface area contributed by atoms with Crippen LogP contribution in [-0.4, -0.2) is 54.0 Å². The molecule has 0 radical (unpaired) electrons. The summed E-state index contributed by atoms with van der Waals surface area (Å²) in [5.41, 5.74) is 4.49. The average molecular weight is 412 g/mol. The minimum Gasteiger partial charge on any atom is -0.479 e. The van der Waals surface area contributed by atoms with E-state index in [4.69, 9.17) is 9.84 Å². The van der Waals surface area contributed by atoms with Crippen LogP contribution in [0.3, 0.4) is 0 Å². The number of rotatable bonds is 8. The molecule has 1 aliphatic carbocycles. The van der Waals surface area contributed by atoms with E-state index < -0.39 is 36.5 Å². The number of carbonyl (C=O) groups is 3. The molecule has 3 rings (SSSR count). The summed E-state index contributed by atoms with van der Waals surface area (Å²) in [5, 5.41) is 22.7. The lowest BCUT2D eigenvalue weighted by molar-refractivity contribution is -0.146. The van der Waals surface area contributed by atoms with Gasteiger partial charge in [0.2, 0.25) is 5.91 Å². The van der Waals surface area contributed by atoms with Crippen molar-refractivity contribution in [2.24, 2.45) is 5.92 Å². The summed E-state index contributed by atoms with van der Waals surface area (Å²) < 4.78 is 5.40. The lowest BCUT2D eigenvalue weighted by Gasteiger charge is -2.16. The fraction of sp³-hybridized carbons (Fsp3) is 0.318. The summed E-state index contributed by atoms with van der Waals surface area (Å²) in [6, 6.07) is 16.0. The van der Waals surface area contributed by atoms with Gasteiger partial charge in [0, 0.05) is 12.5 Å². The molecular weight excluding hydrogens is 388 g/mol. The number of ether oxygens (including phenoxy) is 1. The number of hydrogen-bond acceptors (Lipinski definition) is 5. The van der Waals surface area contributed by atoms with Gasteiger partial charge in [-0.2, -0.15) is 0 Å². The monoisotopic (exact) mass is 412 g/mol. The van der Waals surface area contributed by atoms with Gasteiger partial charge in [0.25, 0.3) is 0 Å². The molecular formula is C22H24N2O6. The predicted octanol–water partition coefficient (Wildman–Crippen LogP) is 1.72. The van der Waals surface area contributed by atoms with Crippen molar-refractivity contribution < 1.29 is 29.3 Å². The Hall–Kier alpha value is -3.39. The number of aliphatic hydroxyl groups is 1. The first-order valence-corrected chi connectivity index (χ1v) is 9.66. The summed E-state index contributed by atoms with van der Waals surface area (Å²) >= 11 is 0. The topological polar surface area (TPSA) is 125 Å². The van der Waals surface area contributed by atoms with Crippen LogP contribution in [0.15, 0.2) is 48.5 Å². The van der Waals surface area contributed by atoms with Crippen LogP contribution < -0.4 is 10.6 Å². The van der Waals surface area contributed by atoms with Gasteiger partial charge in [0.15, 0.2) is 6.10 Å². The fourth-order valence-corrected chi connectivity index (χ4v) is 3.44. The van der Waals surface area contributed by atoms with Gasteiger partial charge in [-0.1, -0.05) is 55.5 Å². The number of carboxylic acids is 1. The molecule has 1 aliphatic rings. The van der Waals surface area contributed by atoms with Crippen molar-refractivity contribution in [3.63, 3.8) is 0 Å². The molecule has 158 valence electrons. The molecule has 0 saturated carbocycles. The fourth-order valence-electron chi connectivity index (χ4n) is 3.44. The van der Waals surface area contributed by atoms with Crippen LogP contribution in [0.25, 0.3) is 11.1 Å². The maximum Gasteiger partial charge on any atom is 0.407 e. The van der Waals surface area contributed by atoms with Crippen LogP contribution in [0.4, 0.5) is 4.79 Å². The summed E-state index contributed by atoms with van der Waals surface area (Å²) in [6.07, 6.45) is -2.31. The predicted molar refractivity (Wildman–Crippen MR) is 109 cm³/mol. The van der Waals surface area contributed by atoms with E-state index in [1.165, 1.54) is 0 Å². The summed E-state index contributed by atoms with van der Waals surface area (Å²) in [7, 11) is 0. The molecule has 2 amide bonds. The largest absolute Gasteiger partial charge is 0.479 e. The van der Waals surface area contributed by atoms with Crippen LogP contribution in [0.2, 0.25) is 0 Å². The van der Waals surface area contributed by atoms with Crippen LogP contribution in [0.5, 0.6) is 0 Å². The standard InChI is InChI=1S/C22H24N2O6/c1-13(20(26)23-11-19(25)21(27)28)10-24-22(29)30-12-18-16-8-4-2-6-14(16)15-7-3-5-9-17(15)18/h2-9,13,18-19,25H,10-12H2,1H3,(H,23,26)(H,24,29)(H,27,28). The molecule has 0 bridgehead atoms. The molecule has 8 heteroatoms. The third-order valence-corrected chi connectivity index (χ3v) is 5.10. The first-order chi connectivity index (χ1) is 14.4. The second-order valence-electron chi connectivity index (χ2n) is 7.21. The Morgan fingerprint density at radius 2 is 1.53 bits per heavy atom. The van der Waals surface area contributed by atoms with Gasteiger partial charge in [-0.25, -0.2) is 9.59 Å². The molecule has 0 spiro atoms. The van der Waals surface area contributed by atoms with Crippen molar-refractivity contribution in [2.45, 2.75) is 18.9 Å². The molecule has 2 aromatic rings. The van der Waals surface area contributed by atoms with Gasteiger partial charge in [-0.15, -0.1) is 0 Å². The third-order valence-electron chi connectivity index (χ3n) is 5.10. The molecule has 8 nitrogen and oxygen atoms in total. The third kappa shape index (κ3) is 4.77. The number of amides is 2. The molecule has 4 N–H and O–H groups in total. The van der Waals surface area contributed by atoms with E-state index in [0.29, 0.717) is 0 Å². The minimum absolute atomic E-state index is 0.0195. The van der Waals surface area contributed by atoms with Gasteiger partial charge in [-0.3, -0.25) is 4.79 Å². The minimum atomic E-state index is -1.67. The lowest BCUT2D eigenvalue weighted by atomic mass is 9.98. The summed E-state index contributed by atoms with van der Waals surface area (Å²) in [6.45, 7) is 1.37. The quantitative estimate of drug-likeness (QED) is 0.523. The number of fused-ring (bicyclic) bond motifs is 3. The highest BCUT2D eigenvalue weighted by molar-refractivity contribution is 5.81. The van der Waals surface area contributed by atoms with E-state index >= 15 is 0 Å². The number of benzene rings is 2. The number of hydrogen-bond donors (Lipinski definition) is 4. The Kier molecular flexibility index (Phi) is 6.68. The van der Waals surface area contributed by atoms with Crippen molar-refractivity contribution >= 4 is 18.0 Å². The zero-order chi connectivity index (χ0) is 21.7. The van der Waals surface area contributed by atoms with Crippen LogP contribution >= 0.6 is 0 Å². The van der Waals surface area contributed by atoms with Crippen LogP contribution in [0.1, 0.15) is 24.0 Å². The second-order valence-corrected chi connectivity index (χ2v) is 7.21. The van der Waals surface area contributed by atoms with Crippen molar-refractivity contribution in [3.05, 3.63) is 59.7 Å². The number of nitrogens with one attached hydrogen (secondary N) is 2. The SMILES string of the molecule is CC(CNC(=O)OCC1c2ccccc2-c2ccccc21)C(=O)NCC(O)C(=O)O. The molecule has 2 unspecified atom stereocenters. The first kappa shape index (κ1) is 21.3. The van der Waals surface area contributed by atoms with Crippen molar-refractivity contribution in [3.8, 4) is 11.1 Å². The molecule has 2 atom stereocenters. The van der Waals surface area contributed by atoms with E-state index in [1.807, 2.05) is 36.4 Å². The summed E-state index contributed by atoms with van der Waals surface area (Å²) in [5.74, 6) is -2.57. The molecule has 30 heavy (non-hydrogen) atoms. The lowest BCUT2D eigenvalue weighted by Crippen LogP contribution is -2.42. The van der Waals surface area contributed by atoms with E-state index in [0.717, 1.165) is 22.3 Å². The van der Waals surface area contributed by atoms with Gasteiger partial charge in [-0.05, 0) is 22.3 Å². The maximum absolute atomic E-state index is 12.1. The molecule has 0 aromatic heterocycles. The van der Waals surface area contributed by atoms with Gasteiger partial charge >= 0.3 is 12.1 Å². The highest BCUT2D eigenvalue weighted by Crippen LogP contribution is 2.44. The second kappa shape index (κ2) is 9.41. The van der Waals surface area contributed by atoms with Crippen molar-refractivity contribution in [1.29, 1.82) is 0 Å². The number of carbonyl (C=O) groups excluding carboxylic acids is 2. The summed E-state index contributed by atoms with van der Waals surface area (Å²) in [4.78, 5) is 34.6. The van der Waals surface area contributed by atoms with E-state index in [2.05, 4.69) is 22.8 Å². The van der Waals surface area contributed by atoms with Gasteiger partial charge in [0.05, 0.1) is 12.5 Å². The molecule has 0 aliphatic heterocycles. The Balaban J connectivity index is 1.49. The van der Waals surface area contributed by atoms with Gasteiger partial charge < -0.3 is 25.6 Å². The number of alkyl carbamates (subject to hydrolysis) is 1. The smallest absolute Gasteiger partial charge is 0.407 e. The van der Waals surface area contributed by atoms with Crippen LogP contribution in [0, 0.1) is 5.92 Å². The Morgan fingerprint density at radius 3 is 2.10 bits per heavy atom.